The van der Waals surface area contributed by atoms with Crippen LogP contribution in [-0.2, 0) is 19.6 Å². The smallest absolute Gasteiger partial charge is 0.240 e. The molecule has 1 amide bonds. The normalized spacial score (nSPS) is 25.8. The van der Waals surface area contributed by atoms with Crippen LogP contribution in [0.4, 0.5) is 0 Å². The summed E-state index contributed by atoms with van der Waals surface area (Å²) in [5.74, 6) is -0.219. The molecule has 0 radical (unpaired) electrons. The Hall–Kier alpha value is -0.660. The van der Waals surface area contributed by atoms with Gasteiger partial charge in [-0.3, -0.25) is 4.79 Å². The van der Waals surface area contributed by atoms with Crippen molar-refractivity contribution in [3.8, 4) is 0 Å². The molecule has 1 N–H and O–H groups in total. The van der Waals surface area contributed by atoms with Crippen LogP contribution in [0.25, 0.3) is 0 Å². The number of amides is 1. The van der Waals surface area contributed by atoms with Gasteiger partial charge in [0, 0.05) is 13.1 Å². The summed E-state index contributed by atoms with van der Waals surface area (Å²) in [6, 6.07) is -0.749. The molecule has 1 heterocycles. The van der Waals surface area contributed by atoms with Crippen molar-refractivity contribution in [3.63, 3.8) is 0 Å². The average molecular weight is 278 g/mol. The minimum absolute atomic E-state index is 0.0527. The highest BCUT2D eigenvalue weighted by molar-refractivity contribution is 7.88. The predicted octanol–water partition coefficient (Wildman–Crippen LogP) is -0.0500. The second kappa shape index (κ2) is 5.14. The summed E-state index contributed by atoms with van der Waals surface area (Å²) in [6.07, 6.45) is 0.992. The first-order valence-electron chi connectivity index (χ1n) is 5.94. The van der Waals surface area contributed by atoms with Gasteiger partial charge in [-0.2, -0.15) is 0 Å². The zero-order valence-corrected chi connectivity index (χ0v) is 12.4. The number of rotatable bonds is 3. The van der Waals surface area contributed by atoms with Crippen molar-refractivity contribution in [2.24, 2.45) is 0 Å². The second-order valence-corrected chi connectivity index (χ2v) is 7.30. The third-order valence-corrected chi connectivity index (χ3v) is 3.42. The highest BCUT2D eigenvalue weighted by Gasteiger charge is 2.35. The van der Waals surface area contributed by atoms with Gasteiger partial charge in [0.1, 0.15) is 0 Å². The van der Waals surface area contributed by atoms with Crippen molar-refractivity contribution in [1.82, 2.24) is 9.62 Å². The molecule has 0 bridgehead atoms. The van der Waals surface area contributed by atoms with Gasteiger partial charge in [-0.15, -0.1) is 0 Å². The number of ether oxygens (including phenoxy) is 1. The molecule has 18 heavy (non-hydrogen) atoms. The fourth-order valence-electron chi connectivity index (χ4n) is 2.27. The maximum absolute atomic E-state index is 12.2. The van der Waals surface area contributed by atoms with Crippen molar-refractivity contribution in [3.05, 3.63) is 0 Å². The van der Waals surface area contributed by atoms with Crippen molar-refractivity contribution >= 4 is 15.9 Å². The molecule has 2 atom stereocenters. The average Bonchev–Trinajstić information content (AvgIpc) is 2.10. The lowest BCUT2D eigenvalue weighted by Gasteiger charge is -2.42. The van der Waals surface area contributed by atoms with Crippen LogP contribution in [0.2, 0.25) is 0 Å². The summed E-state index contributed by atoms with van der Waals surface area (Å²) in [7, 11) is -3.38. The number of sulfonamides is 1. The number of nitrogens with zero attached hydrogens (tertiary/aromatic N) is 1. The molecule has 6 nitrogen and oxygen atoms in total. The minimum Gasteiger partial charge on any atom is -0.369 e. The molecule has 7 heteroatoms. The van der Waals surface area contributed by atoms with E-state index in [1.807, 2.05) is 20.8 Å². The number of carbonyl (C=O) groups excluding carboxylic acids is 1. The quantitative estimate of drug-likeness (QED) is 0.785. The molecule has 1 fully saturated rings. The lowest BCUT2D eigenvalue weighted by molar-refractivity contribution is -0.159. The Bertz CT molecular complexity index is 419. The van der Waals surface area contributed by atoms with Crippen molar-refractivity contribution < 1.29 is 17.9 Å². The largest absolute Gasteiger partial charge is 0.369 e. The molecule has 1 aliphatic rings. The van der Waals surface area contributed by atoms with Gasteiger partial charge in [-0.1, -0.05) is 0 Å². The summed E-state index contributed by atoms with van der Waals surface area (Å²) in [4.78, 5) is 13.8. The molecule has 1 saturated heterocycles. The summed E-state index contributed by atoms with van der Waals surface area (Å²) in [5, 5.41) is 0. The monoisotopic (exact) mass is 278 g/mol. The van der Waals surface area contributed by atoms with E-state index in [9.17, 15) is 13.2 Å². The lowest BCUT2D eigenvalue weighted by atomic mass is 10.0. The molecule has 106 valence electrons. The summed E-state index contributed by atoms with van der Waals surface area (Å²) in [5.41, 5.74) is -0.405. The number of nitrogens with one attached hydrogen (secondary N) is 1. The van der Waals surface area contributed by atoms with E-state index in [1.54, 1.807) is 11.8 Å². The van der Waals surface area contributed by atoms with Crippen LogP contribution in [0.5, 0.6) is 0 Å². The van der Waals surface area contributed by atoms with Gasteiger partial charge in [0.2, 0.25) is 15.9 Å². The van der Waals surface area contributed by atoms with E-state index < -0.39 is 21.7 Å². The third kappa shape index (κ3) is 4.55. The van der Waals surface area contributed by atoms with Crippen LogP contribution in [0.15, 0.2) is 0 Å². The highest BCUT2D eigenvalue weighted by Crippen LogP contribution is 2.21. The number of hydrogen-bond acceptors (Lipinski definition) is 4. The van der Waals surface area contributed by atoms with E-state index in [-0.39, 0.29) is 12.0 Å². The predicted molar refractivity (Wildman–Crippen MR) is 68.6 cm³/mol. The Kier molecular flexibility index (Phi) is 4.40. The van der Waals surface area contributed by atoms with Crippen LogP contribution in [-0.4, -0.2) is 56.3 Å². The highest BCUT2D eigenvalue weighted by atomic mass is 32.2. The number of hydrogen-bond donors (Lipinski definition) is 1. The summed E-state index contributed by atoms with van der Waals surface area (Å²) >= 11 is 0. The van der Waals surface area contributed by atoms with Gasteiger partial charge < -0.3 is 9.64 Å². The molecule has 1 rings (SSSR count). The molecule has 0 spiro atoms. The maximum Gasteiger partial charge on any atom is 0.240 e. The molecule has 0 aromatic heterocycles. The topological polar surface area (TPSA) is 75.7 Å². The van der Waals surface area contributed by atoms with Crippen molar-refractivity contribution in [2.75, 3.05) is 19.3 Å². The summed E-state index contributed by atoms with van der Waals surface area (Å²) < 4.78 is 30.2. The maximum atomic E-state index is 12.2. The van der Waals surface area contributed by atoms with Crippen LogP contribution in [0, 0.1) is 0 Å². The molecular weight excluding hydrogens is 256 g/mol. The van der Waals surface area contributed by atoms with Crippen LogP contribution >= 0.6 is 0 Å². The lowest BCUT2D eigenvalue weighted by Crippen LogP contribution is -2.57. The molecule has 0 aromatic carbocycles. The SMILES string of the molecule is CC1CN(C(=O)C(C)NS(C)(=O)=O)CC(C)(C)O1. The molecule has 0 aliphatic carbocycles. The van der Waals surface area contributed by atoms with E-state index in [1.165, 1.54) is 0 Å². The van der Waals surface area contributed by atoms with Gasteiger partial charge in [0.15, 0.2) is 0 Å². The fraction of sp³-hybridized carbons (Fsp3) is 0.909. The van der Waals surface area contributed by atoms with E-state index in [0.29, 0.717) is 13.1 Å². The zero-order valence-electron chi connectivity index (χ0n) is 11.6. The van der Waals surface area contributed by atoms with Gasteiger partial charge >= 0.3 is 0 Å². The van der Waals surface area contributed by atoms with Gasteiger partial charge in [-0.25, -0.2) is 13.1 Å². The fourth-order valence-corrected chi connectivity index (χ4v) is 3.01. The second-order valence-electron chi connectivity index (χ2n) is 5.52. The molecule has 0 saturated carbocycles. The first-order valence-corrected chi connectivity index (χ1v) is 7.83. The van der Waals surface area contributed by atoms with Crippen LogP contribution < -0.4 is 4.72 Å². The zero-order chi connectivity index (χ0) is 14.1. The van der Waals surface area contributed by atoms with Gasteiger partial charge in [-0.05, 0) is 27.7 Å². The van der Waals surface area contributed by atoms with Gasteiger partial charge in [0.25, 0.3) is 0 Å². The van der Waals surface area contributed by atoms with E-state index in [4.69, 9.17) is 4.74 Å². The first-order chi connectivity index (χ1) is 8.00. The van der Waals surface area contributed by atoms with Crippen LogP contribution in [0.1, 0.15) is 27.7 Å². The van der Waals surface area contributed by atoms with Crippen molar-refractivity contribution in [2.45, 2.75) is 45.4 Å². The minimum atomic E-state index is -3.38. The Morgan fingerprint density at radius 1 is 1.50 bits per heavy atom. The van der Waals surface area contributed by atoms with E-state index in [0.717, 1.165) is 6.26 Å². The number of carbonyl (C=O) groups is 1. The standard InChI is InChI=1S/C11H22N2O4S/c1-8-6-13(7-11(3,4)17-8)10(14)9(2)12-18(5,15)16/h8-9,12H,6-7H2,1-5H3. The van der Waals surface area contributed by atoms with E-state index >= 15 is 0 Å². The Balaban J connectivity index is 2.72. The van der Waals surface area contributed by atoms with Crippen molar-refractivity contribution in [1.29, 1.82) is 0 Å². The van der Waals surface area contributed by atoms with E-state index in [2.05, 4.69) is 4.72 Å². The van der Waals surface area contributed by atoms with Gasteiger partial charge in [0.05, 0.1) is 24.0 Å². The molecule has 1 aliphatic heterocycles. The Morgan fingerprint density at radius 3 is 2.50 bits per heavy atom. The Morgan fingerprint density at radius 2 is 2.06 bits per heavy atom. The molecular formula is C11H22N2O4S. The number of morpholine rings is 1. The van der Waals surface area contributed by atoms with Crippen LogP contribution in [0.3, 0.4) is 0 Å². The molecule has 0 aromatic rings. The third-order valence-electron chi connectivity index (χ3n) is 2.64. The summed E-state index contributed by atoms with van der Waals surface area (Å²) in [6.45, 7) is 8.23. The first kappa shape index (κ1) is 15.4. The Labute approximate surface area is 109 Å². The molecule has 2 unspecified atom stereocenters.